The van der Waals surface area contributed by atoms with Gasteiger partial charge in [-0.1, -0.05) is 39.3 Å². The van der Waals surface area contributed by atoms with E-state index < -0.39 is 22.7 Å². The van der Waals surface area contributed by atoms with Gasteiger partial charge in [-0.25, -0.2) is 4.98 Å². The molecule has 1 N–H and O–H groups in total. The second kappa shape index (κ2) is 10.8. The van der Waals surface area contributed by atoms with Crippen LogP contribution in [0, 0.1) is 17.8 Å². The molecule has 1 aromatic carbocycles. The van der Waals surface area contributed by atoms with E-state index in [1.54, 1.807) is 88.5 Å². The largest absolute Gasteiger partial charge is 0.486 e. The fourth-order valence-corrected chi connectivity index (χ4v) is 5.24. The fourth-order valence-electron chi connectivity index (χ4n) is 4.51. The van der Waals surface area contributed by atoms with Crippen LogP contribution in [0.4, 0.5) is 0 Å². The summed E-state index contributed by atoms with van der Waals surface area (Å²) in [6.45, 7) is 12.5. The summed E-state index contributed by atoms with van der Waals surface area (Å²) in [5.41, 5.74) is 0.534. The molecule has 0 saturated heterocycles. The molecule has 1 atom stereocenters. The zero-order valence-electron chi connectivity index (χ0n) is 23.7. The van der Waals surface area contributed by atoms with Crippen LogP contribution in [0.25, 0.3) is 5.52 Å². The van der Waals surface area contributed by atoms with E-state index >= 15 is 0 Å². The molecule has 4 rings (SSSR count). The Morgan fingerprint density at radius 2 is 1.73 bits per heavy atom. The number of carboxylic acids is 1. The number of hydrogen-bond acceptors (Lipinski definition) is 6. The Morgan fingerprint density at radius 1 is 1.07 bits per heavy atom. The van der Waals surface area contributed by atoms with Crippen molar-refractivity contribution in [3.05, 3.63) is 86.1 Å². The van der Waals surface area contributed by atoms with Gasteiger partial charge in [-0.05, 0) is 68.7 Å². The number of ether oxygens (including phenoxy) is 1. The Labute approximate surface area is 242 Å². The second-order valence-electron chi connectivity index (χ2n) is 11.6. The standard InChI is InChI=1S/C31H33ClN2O5S/c1-17(31(6,7)29(37)38)24-25(27(35)19-8-10-20(32)11-9-19)23-13-12-22(39-15-21-16-40-18(2)33-21)14-34(23)26(24)28(36)30(3,4)5/h8-14,16-17H,15H2,1-7H3,(H,37,38). The van der Waals surface area contributed by atoms with Crippen molar-refractivity contribution >= 4 is 46.0 Å². The average Bonchev–Trinajstić information content (AvgIpc) is 3.46. The van der Waals surface area contributed by atoms with E-state index in [-0.39, 0.29) is 23.9 Å². The van der Waals surface area contributed by atoms with Crippen LogP contribution < -0.4 is 4.74 Å². The van der Waals surface area contributed by atoms with Crippen molar-refractivity contribution in [2.45, 2.75) is 61.0 Å². The predicted octanol–water partition coefficient (Wildman–Crippen LogP) is 7.61. The number of ketones is 2. The number of aromatic nitrogens is 2. The number of rotatable bonds is 9. The number of carboxylic acid groups (broad SMARTS) is 1. The quantitative estimate of drug-likeness (QED) is 0.205. The molecule has 0 aliphatic carbocycles. The van der Waals surface area contributed by atoms with Gasteiger partial charge in [0.1, 0.15) is 12.4 Å². The van der Waals surface area contributed by atoms with Crippen molar-refractivity contribution in [1.29, 1.82) is 0 Å². The Balaban J connectivity index is 2.01. The van der Waals surface area contributed by atoms with Crippen molar-refractivity contribution in [2.75, 3.05) is 0 Å². The minimum atomic E-state index is -1.28. The number of fused-ring (bicyclic) bond motifs is 1. The summed E-state index contributed by atoms with van der Waals surface area (Å²) < 4.78 is 7.71. The van der Waals surface area contributed by atoms with Crippen molar-refractivity contribution in [1.82, 2.24) is 9.38 Å². The molecule has 0 fully saturated rings. The van der Waals surface area contributed by atoms with Crippen molar-refractivity contribution in [3.8, 4) is 5.75 Å². The maximum atomic E-state index is 14.1. The molecule has 0 spiro atoms. The highest BCUT2D eigenvalue weighted by atomic mass is 35.5. The van der Waals surface area contributed by atoms with Gasteiger partial charge in [0, 0.05) is 21.4 Å². The summed E-state index contributed by atoms with van der Waals surface area (Å²) >= 11 is 7.61. The lowest BCUT2D eigenvalue weighted by molar-refractivity contribution is -0.148. The van der Waals surface area contributed by atoms with Crippen LogP contribution in [0.15, 0.2) is 48.0 Å². The van der Waals surface area contributed by atoms with Crippen molar-refractivity contribution in [2.24, 2.45) is 10.8 Å². The number of carbonyl (C=O) groups excluding carboxylic acids is 2. The SMILES string of the molecule is Cc1nc(COc2ccc3c(C(=O)c4ccc(Cl)cc4)c(C(C)C(C)(C)C(=O)O)c(C(=O)C(C)(C)C)n3c2)cs1. The summed E-state index contributed by atoms with van der Waals surface area (Å²) in [4.78, 5) is 45.0. The molecule has 0 radical (unpaired) electrons. The number of nitrogens with zero attached hydrogens (tertiary/aromatic N) is 2. The smallest absolute Gasteiger partial charge is 0.309 e. The normalized spacial score (nSPS) is 12.9. The van der Waals surface area contributed by atoms with Gasteiger partial charge in [0.15, 0.2) is 11.6 Å². The topological polar surface area (TPSA) is 98.0 Å². The number of halogens is 1. The number of aryl methyl sites for hydroxylation is 1. The number of aliphatic carboxylic acids is 1. The van der Waals surface area contributed by atoms with Gasteiger partial charge in [0.25, 0.3) is 0 Å². The summed E-state index contributed by atoms with van der Waals surface area (Å²) in [5, 5.41) is 13.5. The zero-order chi connectivity index (χ0) is 29.6. The maximum Gasteiger partial charge on any atom is 0.309 e. The molecule has 0 aliphatic rings. The monoisotopic (exact) mass is 580 g/mol. The molecule has 40 heavy (non-hydrogen) atoms. The number of carbonyl (C=O) groups is 3. The molecular weight excluding hydrogens is 548 g/mol. The third-order valence-electron chi connectivity index (χ3n) is 7.29. The fraction of sp³-hybridized carbons (Fsp3) is 0.355. The van der Waals surface area contributed by atoms with E-state index in [1.807, 2.05) is 12.3 Å². The highest BCUT2D eigenvalue weighted by molar-refractivity contribution is 7.09. The molecule has 3 aromatic heterocycles. The van der Waals surface area contributed by atoms with E-state index in [0.717, 1.165) is 10.7 Å². The summed E-state index contributed by atoms with van der Waals surface area (Å²) in [7, 11) is 0. The lowest BCUT2D eigenvalue weighted by atomic mass is 9.72. The Kier molecular flexibility index (Phi) is 7.98. The summed E-state index contributed by atoms with van der Waals surface area (Å²) in [6, 6.07) is 10.0. The molecule has 0 aliphatic heterocycles. The Bertz CT molecular complexity index is 1610. The third kappa shape index (κ3) is 5.56. The molecule has 0 bridgehead atoms. The number of benzene rings is 1. The molecule has 1 unspecified atom stereocenters. The van der Waals surface area contributed by atoms with Gasteiger partial charge in [-0.3, -0.25) is 14.4 Å². The van der Waals surface area contributed by atoms with E-state index in [4.69, 9.17) is 16.3 Å². The molecule has 210 valence electrons. The van der Waals surface area contributed by atoms with Gasteiger partial charge < -0.3 is 14.2 Å². The van der Waals surface area contributed by atoms with E-state index in [0.29, 0.717) is 33.0 Å². The third-order valence-corrected chi connectivity index (χ3v) is 8.37. The Morgan fingerprint density at radius 3 is 2.27 bits per heavy atom. The first kappa shape index (κ1) is 29.5. The number of pyridine rings is 1. The number of hydrogen-bond donors (Lipinski definition) is 1. The van der Waals surface area contributed by atoms with Crippen LogP contribution in [0.3, 0.4) is 0 Å². The first-order chi connectivity index (χ1) is 18.6. The first-order valence-electron chi connectivity index (χ1n) is 12.9. The summed E-state index contributed by atoms with van der Waals surface area (Å²) in [5.74, 6) is -1.78. The lowest BCUT2D eigenvalue weighted by Gasteiger charge is -2.29. The molecule has 0 saturated carbocycles. The number of Topliss-reactive ketones (excluding diaryl/α,β-unsaturated/α-hetero) is 1. The first-order valence-corrected chi connectivity index (χ1v) is 14.2. The molecule has 7 nitrogen and oxygen atoms in total. The minimum Gasteiger partial charge on any atom is -0.486 e. The Hall–Kier alpha value is -3.49. The number of thiazole rings is 1. The summed E-state index contributed by atoms with van der Waals surface area (Å²) in [6.07, 6.45) is 1.69. The van der Waals surface area contributed by atoms with Crippen molar-refractivity contribution in [3.63, 3.8) is 0 Å². The van der Waals surface area contributed by atoms with Crippen LogP contribution in [-0.2, 0) is 11.4 Å². The van der Waals surface area contributed by atoms with Crippen LogP contribution in [0.1, 0.15) is 90.1 Å². The van der Waals surface area contributed by atoms with Gasteiger partial charge in [0.05, 0.1) is 39.1 Å². The molecule has 3 heterocycles. The van der Waals surface area contributed by atoms with E-state index in [2.05, 4.69) is 4.98 Å². The molecule has 0 amide bonds. The second-order valence-corrected chi connectivity index (χ2v) is 13.1. The van der Waals surface area contributed by atoms with Gasteiger partial charge in [-0.15, -0.1) is 11.3 Å². The van der Waals surface area contributed by atoms with Crippen LogP contribution in [-0.4, -0.2) is 32.0 Å². The van der Waals surface area contributed by atoms with Crippen molar-refractivity contribution < 1.29 is 24.2 Å². The van der Waals surface area contributed by atoms with Gasteiger partial charge in [0.2, 0.25) is 0 Å². The van der Waals surface area contributed by atoms with E-state index in [9.17, 15) is 19.5 Å². The van der Waals surface area contributed by atoms with Gasteiger partial charge >= 0.3 is 5.97 Å². The minimum absolute atomic E-state index is 0.215. The average molecular weight is 581 g/mol. The van der Waals surface area contributed by atoms with Crippen LogP contribution >= 0.6 is 22.9 Å². The van der Waals surface area contributed by atoms with Crippen LogP contribution in [0.2, 0.25) is 5.02 Å². The highest BCUT2D eigenvalue weighted by Gasteiger charge is 2.42. The molecule has 9 heteroatoms. The zero-order valence-corrected chi connectivity index (χ0v) is 25.2. The maximum absolute atomic E-state index is 14.1. The highest BCUT2D eigenvalue weighted by Crippen LogP contribution is 2.44. The van der Waals surface area contributed by atoms with Gasteiger partial charge in [-0.2, -0.15) is 0 Å². The molecule has 4 aromatic rings. The lowest BCUT2D eigenvalue weighted by Crippen LogP contribution is -2.32. The van der Waals surface area contributed by atoms with E-state index in [1.165, 1.54) is 11.3 Å². The van der Waals surface area contributed by atoms with Crippen LogP contribution in [0.5, 0.6) is 5.75 Å². The predicted molar refractivity (Wildman–Crippen MR) is 157 cm³/mol. The molecular formula is C31H33ClN2O5S.